The number of fused-ring (bicyclic) bond motifs is 2. The molecule has 3 N–H and O–H groups in total. The fourth-order valence-corrected chi connectivity index (χ4v) is 6.33. The maximum atomic E-state index is 15.4. The summed E-state index contributed by atoms with van der Waals surface area (Å²) in [6.45, 7) is 2.81. The number of hydrogen-bond donors (Lipinski definition) is 3. The predicted octanol–water partition coefficient (Wildman–Crippen LogP) is 5.54. The van der Waals surface area contributed by atoms with Crippen LogP contribution in [0, 0.1) is 11.6 Å². The first-order valence-corrected chi connectivity index (χ1v) is 16.5. The summed E-state index contributed by atoms with van der Waals surface area (Å²) in [5.41, 5.74) is 5.54. The van der Waals surface area contributed by atoms with E-state index in [9.17, 15) is 12.8 Å². The molecule has 1 aliphatic heterocycles. The first kappa shape index (κ1) is 29.1. The van der Waals surface area contributed by atoms with Crippen LogP contribution in [-0.2, 0) is 23.1 Å². The maximum absolute atomic E-state index is 15.4. The average molecular weight is 629 g/mol. The molecular weight excluding hydrogens is 598 g/mol. The van der Waals surface area contributed by atoms with E-state index in [1.807, 2.05) is 12.3 Å². The quantitative estimate of drug-likeness (QED) is 0.202. The Kier molecular flexibility index (Phi) is 7.59. The van der Waals surface area contributed by atoms with Gasteiger partial charge >= 0.3 is 0 Å². The van der Waals surface area contributed by atoms with Crippen LogP contribution in [0.2, 0.25) is 0 Å². The SMILES string of the molecule is CS(=O)(=O)NCc1cc(F)cc(-c2nccc3[nH]c(-c4n[nH]c5cc(F)c(-c6cncc(CN7CCCCC7)c6)cc45)nc23)c1. The number of aromatic nitrogens is 6. The highest BCUT2D eigenvalue weighted by atomic mass is 32.2. The molecule has 2 aromatic carbocycles. The highest BCUT2D eigenvalue weighted by molar-refractivity contribution is 7.88. The summed E-state index contributed by atoms with van der Waals surface area (Å²) >= 11 is 0. The highest BCUT2D eigenvalue weighted by Crippen LogP contribution is 2.34. The van der Waals surface area contributed by atoms with E-state index in [-0.39, 0.29) is 6.54 Å². The number of imidazole rings is 1. The van der Waals surface area contributed by atoms with Crippen LogP contribution >= 0.6 is 0 Å². The van der Waals surface area contributed by atoms with Crippen LogP contribution in [0.4, 0.5) is 8.78 Å². The molecule has 1 aliphatic rings. The summed E-state index contributed by atoms with van der Waals surface area (Å²) in [5.74, 6) is -0.497. The van der Waals surface area contributed by atoms with Gasteiger partial charge in [-0.1, -0.05) is 6.42 Å². The standard InChI is InChI=1S/C32H30F2N8O2S/c1-45(43,44)37-16-19-9-21(12-23(33)11-19)29-31-27(5-6-36-29)38-32(39-31)30-25-13-24(26(34)14-28(25)40-41-30)22-10-20(15-35-17-22)18-42-7-3-2-4-8-42/h5-6,9-15,17,37H,2-4,7-8,16,18H2,1H3,(H,38,39)(H,40,41). The molecule has 0 saturated carbocycles. The molecule has 6 aromatic rings. The van der Waals surface area contributed by atoms with Crippen molar-refractivity contribution >= 4 is 32.0 Å². The van der Waals surface area contributed by atoms with E-state index >= 15 is 4.39 Å². The highest BCUT2D eigenvalue weighted by Gasteiger charge is 2.19. The lowest BCUT2D eigenvalue weighted by Gasteiger charge is -2.26. The minimum absolute atomic E-state index is 0.0692. The molecule has 0 spiro atoms. The average Bonchev–Trinajstić information content (AvgIpc) is 3.63. The van der Waals surface area contributed by atoms with Gasteiger partial charge in [0.1, 0.15) is 22.8 Å². The summed E-state index contributed by atoms with van der Waals surface area (Å²) in [4.78, 5) is 19.3. The number of sulfonamides is 1. The van der Waals surface area contributed by atoms with Gasteiger partial charge in [-0.3, -0.25) is 20.0 Å². The van der Waals surface area contributed by atoms with Crippen molar-refractivity contribution in [2.45, 2.75) is 32.4 Å². The van der Waals surface area contributed by atoms with E-state index < -0.39 is 21.7 Å². The van der Waals surface area contributed by atoms with Crippen LogP contribution in [0.25, 0.3) is 55.8 Å². The Morgan fingerprint density at radius 1 is 0.933 bits per heavy atom. The molecule has 0 unspecified atom stereocenters. The molecule has 5 heterocycles. The van der Waals surface area contributed by atoms with E-state index in [1.165, 1.54) is 37.5 Å². The topological polar surface area (TPSA) is 133 Å². The Morgan fingerprint density at radius 3 is 2.58 bits per heavy atom. The van der Waals surface area contributed by atoms with Crippen molar-refractivity contribution in [3.05, 3.63) is 83.8 Å². The molecule has 10 nitrogen and oxygen atoms in total. The van der Waals surface area contributed by atoms with Crippen molar-refractivity contribution in [1.82, 2.24) is 39.8 Å². The number of likely N-dealkylation sites (tertiary alicyclic amines) is 1. The van der Waals surface area contributed by atoms with Crippen LogP contribution in [0.5, 0.6) is 0 Å². The number of H-pyrrole nitrogens is 2. The number of nitrogens with one attached hydrogen (secondary N) is 3. The second kappa shape index (κ2) is 11.7. The van der Waals surface area contributed by atoms with Gasteiger partial charge in [0.25, 0.3) is 0 Å². The molecule has 0 amide bonds. The monoisotopic (exact) mass is 628 g/mol. The minimum Gasteiger partial charge on any atom is -0.336 e. The summed E-state index contributed by atoms with van der Waals surface area (Å²) in [7, 11) is -3.46. The molecule has 4 aromatic heterocycles. The summed E-state index contributed by atoms with van der Waals surface area (Å²) < 4.78 is 55.5. The van der Waals surface area contributed by atoms with Gasteiger partial charge in [0, 0.05) is 59.8 Å². The second-order valence-corrected chi connectivity index (χ2v) is 13.3. The lowest BCUT2D eigenvalue weighted by molar-refractivity contribution is 0.220. The van der Waals surface area contributed by atoms with Crippen LogP contribution < -0.4 is 4.72 Å². The van der Waals surface area contributed by atoms with Crippen molar-refractivity contribution in [1.29, 1.82) is 0 Å². The molecule has 0 radical (unpaired) electrons. The molecule has 230 valence electrons. The summed E-state index contributed by atoms with van der Waals surface area (Å²) in [6, 6.07) is 11.2. The third kappa shape index (κ3) is 6.19. The first-order valence-electron chi connectivity index (χ1n) is 14.6. The van der Waals surface area contributed by atoms with Gasteiger partial charge in [0.2, 0.25) is 10.0 Å². The van der Waals surface area contributed by atoms with Gasteiger partial charge in [-0.05, 0) is 73.5 Å². The molecule has 7 rings (SSSR count). The largest absolute Gasteiger partial charge is 0.336 e. The number of piperidine rings is 1. The summed E-state index contributed by atoms with van der Waals surface area (Å²) in [5, 5.41) is 8.03. The molecule has 0 aliphatic carbocycles. The van der Waals surface area contributed by atoms with Crippen molar-refractivity contribution in [2.75, 3.05) is 19.3 Å². The molecule has 1 saturated heterocycles. The van der Waals surface area contributed by atoms with Gasteiger partial charge in [-0.2, -0.15) is 5.10 Å². The minimum atomic E-state index is -3.46. The number of hydrogen-bond acceptors (Lipinski definition) is 7. The Balaban J connectivity index is 1.25. The number of benzene rings is 2. The fraction of sp³-hybridized carbons (Fsp3) is 0.250. The van der Waals surface area contributed by atoms with Gasteiger partial charge < -0.3 is 4.98 Å². The number of halogens is 2. The zero-order chi connectivity index (χ0) is 31.1. The van der Waals surface area contributed by atoms with E-state index in [4.69, 9.17) is 4.98 Å². The molecule has 45 heavy (non-hydrogen) atoms. The molecule has 0 atom stereocenters. The number of aromatic amines is 2. The molecule has 1 fully saturated rings. The summed E-state index contributed by atoms with van der Waals surface area (Å²) in [6.07, 6.45) is 9.76. The maximum Gasteiger partial charge on any atom is 0.209 e. The van der Waals surface area contributed by atoms with Crippen LogP contribution in [-0.4, -0.2) is 62.8 Å². The normalized spacial score (nSPS) is 14.5. The van der Waals surface area contributed by atoms with Crippen molar-refractivity contribution in [3.8, 4) is 33.9 Å². The second-order valence-electron chi connectivity index (χ2n) is 11.5. The fourth-order valence-electron chi connectivity index (χ4n) is 5.90. The van der Waals surface area contributed by atoms with E-state index in [0.717, 1.165) is 31.5 Å². The third-order valence-corrected chi connectivity index (χ3v) is 8.67. The van der Waals surface area contributed by atoms with Crippen LogP contribution in [0.1, 0.15) is 30.4 Å². The zero-order valence-electron chi connectivity index (χ0n) is 24.4. The Morgan fingerprint density at radius 2 is 1.76 bits per heavy atom. The smallest absolute Gasteiger partial charge is 0.209 e. The number of rotatable bonds is 8. The van der Waals surface area contributed by atoms with Crippen LogP contribution in [0.3, 0.4) is 0 Å². The van der Waals surface area contributed by atoms with E-state index in [2.05, 4.69) is 34.8 Å². The Bertz CT molecular complexity index is 2160. The number of nitrogens with zero attached hydrogens (tertiary/aromatic N) is 5. The van der Waals surface area contributed by atoms with Crippen molar-refractivity contribution in [3.63, 3.8) is 0 Å². The third-order valence-electron chi connectivity index (χ3n) is 8.01. The van der Waals surface area contributed by atoms with Gasteiger partial charge in [0.15, 0.2) is 5.82 Å². The van der Waals surface area contributed by atoms with E-state index in [0.29, 0.717) is 61.4 Å². The zero-order valence-corrected chi connectivity index (χ0v) is 25.3. The van der Waals surface area contributed by atoms with Crippen LogP contribution in [0.15, 0.2) is 61.1 Å². The van der Waals surface area contributed by atoms with Gasteiger partial charge in [-0.15, -0.1) is 0 Å². The Labute approximate surface area is 258 Å². The van der Waals surface area contributed by atoms with E-state index in [1.54, 1.807) is 30.6 Å². The molecule has 13 heteroatoms. The van der Waals surface area contributed by atoms with Gasteiger partial charge in [0.05, 0.1) is 23.0 Å². The van der Waals surface area contributed by atoms with Crippen molar-refractivity contribution in [2.24, 2.45) is 0 Å². The molecular formula is C32H30F2N8O2S. The predicted molar refractivity (Wildman–Crippen MR) is 168 cm³/mol. The lowest BCUT2D eigenvalue weighted by Crippen LogP contribution is -2.29. The Hall–Kier alpha value is -4.59. The first-order chi connectivity index (χ1) is 21.7. The van der Waals surface area contributed by atoms with Gasteiger partial charge in [-0.25, -0.2) is 26.9 Å². The van der Waals surface area contributed by atoms with Crippen molar-refractivity contribution < 1.29 is 17.2 Å². The molecule has 0 bridgehead atoms. The lowest BCUT2D eigenvalue weighted by atomic mass is 10.0. The number of pyridine rings is 2.